The van der Waals surface area contributed by atoms with Crippen LogP contribution in [0, 0.1) is 11.3 Å². The van der Waals surface area contributed by atoms with Crippen LogP contribution >= 0.6 is 0 Å². The first-order valence-electron chi connectivity index (χ1n) is 3.52. The molecule has 0 amide bonds. The average Bonchev–Trinajstić information content (AvgIpc) is 1.98. The topological polar surface area (TPSA) is 36.2 Å². The maximum atomic E-state index is 7.38. The van der Waals surface area contributed by atoms with Gasteiger partial charge in [0.15, 0.2) is 0 Å². The molecule has 0 heterocycles. The minimum atomic E-state index is 0.236. The lowest BCUT2D eigenvalue weighted by Gasteiger charge is -2.05. The molecule has 0 atom stereocenters. The molecule has 0 bridgehead atoms. The lowest BCUT2D eigenvalue weighted by Crippen LogP contribution is -2.02. The average molecular weight is 150 g/mol. The molecular weight excluding hydrogens is 136 g/mol. The van der Waals surface area contributed by atoms with E-state index in [-0.39, 0.29) is 11.8 Å². The summed E-state index contributed by atoms with van der Waals surface area (Å²) in [5, 5.41) is 7.38. The Kier molecular flexibility index (Phi) is 4.11. The number of allylic oxidation sites excluding steroid dienone is 1. The monoisotopic (exact) mass is 150 g/mol. The Hall–Kier alpha value is -1.18. The highest BCUT2D eigenvalue weighted by Gasteiger charge is 2.03. The van der Waals surface area contributed by atoms with Crippen molar-refractivity contribution in [2.45, 2.75) is 13.8 Å². The standard InChI is InChI=1S/C9H14N2/c1-5-6-11-9(10)8(4)7(2)3/h5-7,10H,1,4H2,2-3H3. The van der Waals surface area contributed by atoms with Gasteiger partial charge in [0.05, 0.1) is 0 Å². The van der Waals surface area contributed by atoms with Crippen molar-refractivity contribution < 1.29 is 0 Å². The summed E-state index contributed by atoms with van der Waals surface area (Å²) in [6.45, 7) is 11.2. The molecular formula is C9H14N2. The van der Waals surface area contributed by atoms with Gasteiger partial charge in [-0.3, -0.25) is 5.41 Å². The zero-order valence-electron chi connectivity index (χ0n) is 7.09. The number of nitrogens with one attached hydrogen (secondary N) is 1. The van der Waals surface area contributed by atoms with E-state index < -0.39 is 0 Å². The van der Waals surface area contributed by atoms with Gasteiger partial charge >= 0.3 is 0 Å². The molecule has 0 aliphatic carbocycles. The normalized spacial score (nSPS) is 10.5. The minimum Gasteiger partial charge on any atom is -0.283 e. The molecule has 2 nitrogen and oxygen atoms in total. The summed E-state index contributed by atoms with van der Waals surface area (Å²) < 4.78 is 0. The van der Waals surface area contributed by atoms with Crippen LogP contribution in [0.2, 0.25) is 0 Å². The summed E-state index contributed by atoms with van der Waals surface area (Å²) in [7, 11) is 0. The maximum Gasteiger partial charge on any atom is 0.147 e. The summed E-state index contributed by atoms with van der Waals surface area (Å²) >= 11 is 0. The van der Waals surface area contributed by atoms with Gasteiger partial charge in [-0.05, 0) is 11.5 Å². The predicted octanol–water partition coefficient (Wildman–Crippen LogP) is 2.43. The van der Waals surface area contributed by atoms with E-state index in [2.05, 4.69) is 18.2 Å². The van der Waals surface area contributed by atoms with Gasteiger partial charge in [0.2, 0.25) is 0 Å². The number of aliphatic imine (C=N–C) groups is 1. The fourth-order valence-corrected chi connectivity index (χ4v) is 0.484. The molecule has 0 aromatic carbocycles. The molecule has 11 heavy (non-hydrogen) atoms. The molecule has 0 aliphatic rings. The zero-order valence-corrected chi connectivity index (χ0v) is 7.09. The lowest BCUT2D eigenvalue weighted by atomic mass is 10.1. The highest BCUT2D eigenvalue weighted by Crippen LogP contribution is 2.07. The van der Waals surface area contributed by atoms with Gasteiger partial charge in [0.1, 0.15) is 5.84 Å². The van der Waals surface area contributed by atoms with E-state index in [0.29, 0.717) is 0 Å². The third-order valence-electron chi connectivity index (χ3n) is 1.31. The third-order valence-corrected chi connectivity index (χ3v) is 1.31. The summed E-state index contributed by atoms with van der Waals surface area (Å²) in [6, 6.07) is 0. The number of amidine groups is 1. The first-order chi connectivity index (χ1) is 5.09. The lowest BCUT2D eigenvalue weighted by molar-refractivity contribution is 0.803. The molecule has 0 aromatic rings. The Morgan fingerprint density at radius 3 is 2.45 bits per heavy atom. The molecule has 1 N–H and O–H groups in total. The first-order valence-corrected chi connectivity index (χ1v) is 3.52. The molecule has 0 rings (SSSR count). The van der Waals surface area contributed by atoms with Crippen LogP contribution in [0.1, 0.15) is 13.8 Å². The molecule has 0 unspecified atom stereocenters. The highest BCUT2D eigenvalue weighted by molar-refractivity contribution is 6.01. The second-order valence-corrected chi connectivity index (χ2v) is 2.54. The zero-order chi connectivity index (χ0) is 8.85. The SMILES string of the molecule is C=CC=NC(=N)C(=C)C(C)C. The van der Waals surface area contributed by atoms with Crippen molar-refractivity contribution in [2.75, 3.05) is 0 Å². The van der Waals surface area contributed by atoms with Crippen LogP contribution in [0.3, 0.4) is 0 Å². The van der Waals surface area contributed by atoms with Gasteiger partial charge in [-0.1, -0.05) is 33.1 Å². The molecule has 0 fully saturated rings. The quantitative estimate of drug-likeness (QED) is 0.474. The van der Waals surface area contributed by atoms with Crippen molar-refractivity contribution >= 4 is 12.1 Å². The van der Waals surface area contributed by atoms with Crippen molar-refractivity contribution in [3.63, 3.8) is 0 Å². The fraction of sp³-hybridized carbons (Fsp3) is 0.333. The van der Waals surface area contributed by atoms with Gasteiger partial charge in [0, 0.05) is 6.21 Å². The number of hydrogen-bond donors (Lipinski definition) is 1. The van der Waals surface area contributed by atoms with Crippen LogP contribution < -0.4 is 0 Å². The maximum absolute atomic E-state index is 7.38. The predicted molar refractivity (Wildman–Crippen MR) is 50.4 cm³/mol. The Balaban J connectivity index is 4.15. The van der Waals surface area contributed by atoms with Crippen LogP contribution in [0.4, 0.5) is 0 Å². The Bertz CT molecular complexity index is 200. The molecule has 60 valence electrons. The smallest absolute Gasteiger partial charge is 0.147 e. The molecule has 0 saturated heterocycles. The fourth-order valence-electron chi connectivity index (χ4n) is 0.484. The second-order valence-electron chi connectivity index (χ2n) is 2.54. The third kappa shape index (κ3) is 3.50. The van der Waals surface area contributed by atoms with Crippen LogP contribution in [0.15, 0.2) is 29.8 Å². The van der Waals surface area contributed by atoms with Crippen molar-refractivity contribution in [1.82, 2.24) is 0 Å². The van der Waals surface area contributed by atoms with Crippen LogP contribution in [-0.4, -0.2) is 12.1 Å². The van der Waals surface area contributed by atoms with Gasteiger partial charge in [-0.15, -0.1) is 0 Å². The van der Waals surface area contributed by atoms with Crippen molar-refractivity contribution in [2.24, 2.45) is 10.9 Å². The van der Waals surface area contributed by atoms with Crippen molar-refractivity contribution in [1.29, 1.82) is 5.41 Å². The van der Waals surface area contributed by atoms with Crippen LogP contribution in [0.25, 0.3) is 0 Å². The number of hydrogen-bond acceptors (Lipinski definition) is 1. The Labute approximate surface area is 67.9 Å². The minimum absolute atomic E-state index is 0.236. The van der Waals surface area contributed by atoms with E-state index in [1.165, 1.54) is 6.21 Å². The van der Waals surface area contributed by atoms with E-state index >= 15 is 0 Å². The molecule has 0 saturated carbocycles. The van der Waals surface area contributed by atoms with E-state index in [1.807, 2.05) is 13.8 Å². The molecule has 2 heteroatoms. The van der Waals surface area contributed by atoms with Gasteiger partial charge in [0.25, 0.3) is 0 Å². The van der Waals surface area contributed by atoms with Gasteiger partial charge < -0.3 is 0 Å². The van der Waals surface area contributed by atoms with Gasteiger partial charge in [-0.25, -0.2) is 4.99 Å². The Morgan fingerprint density at radius 2 is 2.09 bits per heavy atom. The van der Waals surface area contributed by atoms with E-state index in [1.54, 1.807) is 6.08 Å². The van der Waals surface area contributed by atoms with E-state index in [9.17, 15) is 0 Å². The highest BCUT2D eigenvalue weighted by atomic mass is 14.8. The van der Waals surface area contributed by atoms with E-state index in [0.717, 1.165) is 5.57 Å². The number of rotatable bonds is 3. The van der Waals surface area contributed by atoms with Crippen molar-refractivity contribution in [3.8, 4) is 0 Å². The van der Waals surface area contributed by atoms with Crippen LogP contribution in [-0.2, 0) is 0 Å². The van der Waals surface area contributed by atoms with Gasteiger partial charge in [-0.2, -0.15) is 0 Å². The molecule has 0 radical (unpaired) electrons. The summed E-state index contributed by atoms with van der Waals surface area (Å²) in [5.41, 5.74) is 0.753. The van der Waals surface area contributed by atoms with Crippen LogP contribution in [0.5, 0.6) is 0 Å². The first kappa shape index (κ1) is 9.82. The summed E-state index contributed by atoms with van der Waals surface area (Å²) in [6.07, 6.45) is 3.04. The largest absolute Gasteiger partial charge is 0.283 e. The van der Waals surface area contributed by atoms with Crippen molar-refractivity contribution in [3.05, 3.63) is 24.8 Å². The molecule has 0 aromatic heterocycles. The summed E-state index contributed by atoms with van der Waals surface area (Å²) in [5.74, 6) is 0.518. The molecule has 0 aliphatic heterocycles. The summed E-state index contributed by atoms with van der Waals surface area (Å²) in [4.78, 5) is 3.80. The Morgan fingerprint density at radius 1 is 1.55 bits per heavy atom. The van der Waals surface area contributed by atoms with E-state index in [4.69, 9.17) is 5.41 Å². The molecule has 0 spiro atoms. The number of nitrogens with zero attached hydrogens (tertiary/aromatic N) is 1. The second kappa shape index (κ2) is 4.61.